The molecule has 2 spiro atoms. The highest BCUT2D eigenvalue weighted by molar-refractivity contribution is 5.70. The Morgan fingerprint density at radius 1 is 0.603 bits per heavy atom. The van der Waals surface area contributed by atoms with Crippen LogP contribution in [-0.4, -0.2) is 92.7 Å². The fourth-order valence-electron chi connectivity index (χ4n) is 6.69. The molecule has 0 amide bonds. The lowest BCUT2D eigenvalue weighted by atomic mass is 10.1. The predicted molar refractivity (Wildman–Crippen MR) is 230 cm³/mol. The number of aromatic amines is 1. The smallest absolute Gasteiger partial charge is 0.306 e. The topological polar surface area (TPSA) is 109 Å². The van der Waals surface area contributed by atoms with Crippen molar-refractivity contribution >= 4 is 11.9 Å². The second-order valence-electron chi connectivity index (χ2n) is 15.2. The molecule has 2 unspecified atom stereocenters. The van der Waals surface area contributed by atoms with E-state index >= 15 is 0 Å². The molecule has 10 heteroatoms. The van der Waals surface area contributed by atoms with Gasteiger partial charge in [0.2, 0.25) is 0 Å². The first kappa shape index (κ1) is 46.6. The van der Waals surface area contributed by atoms with E-state index in [9.17, 15) is 9.59 Å². The van der Waals surface area contributed by atoms with Crippen LogP contribution in [0.25, 0.3) is 0 Å². The molecule has 2 fully saturated rings. The number of ether oxygens (including phenoxy) is 6. The third kappa shape index (κ3) is 19.6. The van der Waals surface area contributed by atoms with Crippen LogP contribution in [0, 0.1) is 0 Å². The van der Waals surface area contributed by atoms with Gasteiger partial charge in [0, 0.05) is 57.0 Å². The van der Waals surface area contributed by atoms with Gasteiger partial charge in [-0.3, -0.25) is 9.59 Å². The molecule has 3 aliphatic rings. The quantitative estimate of drug-likeness (QED) is 0.223. The second kappa shape index (κ2) is 27.6. The summed E-state index contributed by atoms with van der Waals surface area (Å²) in [5.74, 6) is -1.80. The number of H-pyrrole nitrogens is 1. The Balaban J connectivity index is 1.29. The summed E-state index contributed by atoms with van der Waals surface area (Å²) in [7, 11) is 4.13. The molecule has 0 bridgehead atoms. The Hall–Kier alpha value is -4.06. The van der Waals surface area contributed by atoms with E-state index in [1.807, 2.05) is 48.7 Å². The number of hydrogen-bond donors (Lipinski definition) is 1. The maximum Gasteiger partial charge on any atom is 0.306 e. The fraction of sp³-hybridized carbons (Fsp3) is 0.542. The molecule has 1 aromatic heterocycles. The van der Waals surface area contributed by atoms with Gasteiger partial charge in [0.15, 0.2) is 11.6 Å². The summed E-state index contributed by atoms with van der Waals surface area (Å²) in [5.41, 5.74) is 1.20. The van der Waals surface area contributed by atoms with Crippen molar-refractivity contribution in [3.63, 3.8) is 0 Å². The molecule has 2 saturated heterocycles. The Kier molecular flexibility index (Phi) is 22.2. The molecule has 2 atom stereocenters. The van der Waals surface area contributed by atoms with Gasteiger partial charge in [-0.25, -0.2) is 0 Å². The monoisotopic (exact) mass is 800 g/mol. The molecule has 0 aliphatic carbocycles. The van der Waals surface area contributed by atoms with Crippen LogP contribution in [0.4, 0.5) is 0 Å². The summed E-state index contributed by atoms with van der Waals surface area (Å²) in [4.78, 5) is 30.0. The summed E-state index contributed by atoms with van der Waals surface area (Å²) in [5, 5.41) is 0. The van der Waals surface area contributed by atoms with Gasteiger partial charge in [0.25, 0.3) is 0 Å². The molecule has 318 valence electrons. The number of esters is 2. The molecule has 10 nitrogen and oxygen atoms in total. The van der Waals surface area contributed by atoms with Crippen LogP contribution in [-0.2, 0) is 44.4 Å². The number of aryl methyl sites for hydroxylation is 1. The van der Waals surface area contributed by atoms with E-state index in [0.717, 1.165) is 51.5 Å². The van der Waals surface area contributed by atoms with E-state index in [1.165, 1.54) is 5.69 Å². The maximum absolute atomic E-state index is 12.3. The first-order valence-electron chi connectivity index (χ1n) is 21.3. The van der Waals surface area contributed by atoms with Crippen molar-refractivity contribution in [2.45, 2.75) is 120 Å². The van der Waals surface area contributed by atoms with Gasteiger partial charge in [-0.05, 0) is 84.0 Å². The lowest BCUT2D eigenvalue weighted by Gasteiger charge is -2.26. The van der Waals surface area contributed by atoms with Crippen LogP contribution in [0.1, 0.15) is 95.6 Å². The molecule has 0 aromatic carbocycles. The molecule has 1 aromatic rings. The Bertz CT molecular complexity index is 1480. The Morgan fingerprint density at radius 2 is 1.05 bits per heavy atom. The number of rotatable bonds is 6. The summed E-state index contributed by atoms with van der Waals surface area (Å²) in [6.07, 6.45) is 45.1. The zero-order chi connectivity index (χ0) is 41.0. The van der Waals surface area contributed by atoms with Crippen LogP contribution in [0.3, 0.4) is 0 Å². The largest absolute Gasteiger partial charge is 0.461 e. The normalized spacial score (nSPS) is 27.2. The fourth-order valence-corrected chi connectivity index (χ4v) is 6.69. The van der Waals surface area contributed by atoms with Gasteiger partial charge in [-0.1, -0.05) is 97.2 Å². The lowest BCUT2D eigenvalue weighted by Crippen LogP contribution is -2.30. The van der Waals surface area contributed by atoms with Crippen LogP contribution in [0.2, 0.25) is 0 Å². The van der Waals surface area contributed by atoms with Crippen molar-refractivity contribution in [2.24, 2.45) is 0 Å². The van der Waals surface area contributed by atoms with Gasteiger partial charge in [-0.15, -0.1) is 0 Å². The highest BCUT2D eigenvalue weighted by atomic mass is 16.7. The summed E-state index contributed by atoms with van der Waals surface area (Å²) >= 11 is 0. The lowest BCUT2D eigenvalue weighted by molar-refractivity contribution is -0.163. The Labute approximate surface area is 347 Å². The second-order valence-corrected chi connectivity index (χ2v) is 15.2. The average Bonchev–Trinajstić information content (AvgIpc) is 3.98. The maximum atomic E-state index is 12.3. The number of carbonyl (C=O) groups excluding carboxylic acids is 2. The van der Waals surface area contributed by atoms with E-state index in [2.05, 4.69) is 90.8 Å². The van der Waals surface area contributed by atoms with Crippen LogP contribution >= 0.6 is 0 Å². The van der Waals surface area contributed by atoms with Crippen molar-refractivity contribution < 1.29 is 38.0 Å². The van der Waals surface area contributed by atoms with Crippen LogP contribution in [0.15, 0.2) is 116 Å². The average molecular weight is 801 g/mol. The number of hydrogen-bond acceptors (Lipinski definition) is 9. The van der Waals surface area contributed by atoms with Crippen molar-refractivity contribution in [1.82, 2.24) is 9.88 Å². The number of aromatic nitrogens is 1. The first-order valence-corrected chi connectivity index (χ1v) is 21.3. The third-order valence-electron chi connectivity index (χ3n) is 9.97. The molecule has 4 rings (SSSR count). The minimum absolute atomic E-state index is 0.0333. The standard InChI is InChI=1S/C48H68N2O8/c1-50(2)37-31-44-41-56-48(58-44)34-21-13-7-15-23-38-53-45(51)27-17-9-3-5-11-19-32-47(55-40-43(57-47)30-29-42-26-25-36-49-42)33-20-12-6-4-10-18-28-46(52)54-39-24-16-8-14-22-35-48/h3-4,9-16,19-26,36,43-44,49H,5-8,17-18,27-35,37-41H2,1-2H3. The van der Waals surface area contributed by atoms with Gasteiger partial charge in [-0.2, -0.15) is 0 Å². The summed E-state index contributed by atoms with van der Waals surface area (Å²) in [6.45, 7) is 2.60. The van der Waals surface area contributed by atoms with Gasteiger partial charge < -0.3 is 38.3 Å². The molecule has 4 heterocycles. The van der Waals surface area contributed by atoms with Crippen molar-refractivity contribution in [1.29, 1.82) is 0 Å². The molecular weight excluding hydrogens is 733 g/mol. The molecule has 58 heavy (non-hydrogen) atoms. The Morgan fingerprint density at radius 3 is 1.50 bits per heavy atom. The number of nitrogens with zero attached hydrogens (tertiary/aromatic N) is 1. The number of cyclic esters (lactones) is 2. The SMILES string of the molecule is CN(C)CCC1COC2(CC=CCC=CCOC(=O)CCC=CCC=CCC3(CC=CCC=CCCC(=O)OCC=CCC=CC2)OCC(CCc2ccc[nH]2)O3)O1. The minimum atomic E-state index is -0.697. The van der Waals surface area contributed by atoms with Crippen molar-refractivity contribution in [3.05, 3.63) is 121 Å². The summed E-state index contributed by atoms with van der Waals surface area (Å²) < 4.78 is 36.4. The van der Waals surface area contributed by atoms with E-state index < -0.39 is 11.6 Å². The highest BCUT2D eigenvalue weighted by Gasteiger charge is 2.40. The zero-order valence-corrected chi connectivity index (χ0v) is 35.0. The number of nitrogens with one attached hydrogen (secondary N) is 1. The molecule has 1 N–H and O–H groups in total. The molecule has 0 radical (unpaired) electrons. The minimum Gasteiger partial charge on any atom is -0.461 e. The molecule has 0 saturated carbocycles. The van der Waals surface area contributed by atoms with Gasteiger partial charge >= 0.3 is 11.9 Å². The first-order chi connectivity index (χ1) is 28.4. The summed E-state index contributed by atoms with van der Waals surface area (Å²) in [6, 6.07) is 4.11. The molecular formula is C48H68N2O8. The zero-order valence-electron chi connectivity index (χ0n) is 35.0. The number of carbonyl (C=O) groups is 2. The number of allylic oxidation sites excluding steroid dienone is 10. The van der Waals surface area contributed by atoms with E-state index in [0.29, 0.717) is 64.6 Å². The third-order valence-corrected chi connectivity index (χ3v) is 9.97. The van der Waals surface area contributed by atoms with Crippen LogP contribution in [0.5, 0.6) is 0 Å². The van der Waals surface area contributed by atoms with Crippen molar-refractivity contribution in [2.75, 3.05) is 47.1 Å². The van der Waals surface area contributed by atoms with Crippen molar-refractivity contribution in [3.8, 4) is 0 Å². The van der Waals surface area contributed by atoms with E-state index in [-0.39, 0.29) is 37.4 Å². The van der Waals surface area contributed by atoms with Gasteiger partial charge in [0.1, 0.15) is 13.2 Å². The van der Waals surface area contributed by atoms with Crippen LogP contribution < -0.4 is 0 Å². The molecule has 3 aliphatic heterocycles. The van der Waals surface area contributed by atoms with E-state index in [1.54, 1.807) is 0 Å². The van der Waals surface area contributed by atoms with E-state index in [4.69, 9.17) is 28.4 Å². The van der Waals surface area contributed by atoms with Gasteiger partial charge in [0.05, 0.1) is 25.4 Å². The highest BCUT2D eigenvalue weighted by Crippen LogP contribution is 2.34. The predicted octanol–water partition coefficient (Wildman–Crippen LogP) is 9.35.